The molecule has 0 radical (unpaired) electrons. The number of hydrogen-bond acceptors (Lipinski definition) is 3. The van der Waals surface area contributed by atoms with Crippen LogP contribution < -0.4 is 0 Å². The minimum absolute atomic E-state index is 0.667. The minimum atomic E-state index is 0.667. The van der Waals surface area contributed by atoms with Gasteiger partial charge in [-0.3, -0.25) is 4.98 Å². The molecule has 0 N–H and O–H groups in total. The number of rotatable bonds is 3. The maximum Gasteiger partial charge on any atom is 0.160 e. The van der Waals surface area contributed by atoms with Crippen molar-refractivity contribution < 1.29 is 0 Å². The first-order valence-electron chi connectivity index (χ1n) is 11.2. The Kier molecular flexibility index (Phi) is 4.08. The maximum atomic E-state index is 4.60. The number of hydrogen-bond donors (Lipinski definition) is 0. The van der Waals surface area contributed by atoms with Gasteiger partial charge in [0.15, 0.2) is 5.82 Å². The van der Waals surface area contributed by atoms with Gasteiger partial charge in [0.2, 0.25) is 0 Å². The van der Waals surface area contributed by atoms with Crippen molar-refractivity contribution in [1.29, 1.82) is 0 Å². The number of pyridine rings is 1. The molecule has 0 amide bonds. The molecule has 0 spiro atoms. The van der Waals surface area contributed by atoms with Crippen LogP contribution in [0.3, 0.4) is 0 Å². The third kappa shape index (κ3) is 2.84. The Labute approximate surface area is 195 Å². The van der Waals surface area contributed by atoms with Gasteiger partial charge in [-0.1, -0.05) is 36.4 Å². The van der Waals surface area contributed by atoms with E-state index < -0.39 is 0 Å². The molecule has 5 nitrogen and oxygen atoms in total. The fraction of sp³-hybridized carbons (Fsp3) is 0. The van der Waals surface area contributed by atoms with Crippen molar-refractivity contribution in [2.24, 2.45) is 0 Å². The molecule has 3 aromatic carbocycles. The van der Waals surface area contributed by atoms with E-state index in [1.807, 2.05) is 24.5 Å². The molecule has 0 atom stereocenters. The maximum absolute atomic E-state index is 4.60. The Morgan fingerprint density at radius 2 is 1.41 bits per heavy atom. The third-order valence-corrected chi connectivity index (χ3v) is 6.33. The molecule has 0 aliphatic heterocycles. The zero-order valence-corrected chi connectivity index (χ0v) is 18.2. The summed E-state index contributed by atoms with van der Waals surface area (Å²) in [5.41, 5.74) is 6.46. The zero-order chi connectivity index (χ0) is 22.5. The Morgan fingerprint density at radius 3 is 2.24 bits per heavy atom. The second kappa shape index (κ2) is 7.39. The van der Waals surface area contributed by atoms with Crippen LogP contribution in [0, 0.1) is 0 Å². The molecule has 4 aromatic heterocycles. The summed E-state index contributed by atoms with van der Waals surface area (Å²) >= 11 is 0. The molecule has 0 saturated heterocycles. The summed E-state index contributed by atoms with van der Waals surface area (Å²) in [5, 5.41) is 3.67. The van der Waals surface area contributed by atoms with Crippen LogP contribution in [-0.2, 0) is 0 Å². The Bertz CT molecular complexity index is 1780. The number of aromatic nitrogens is 5. The fourth-order valence-electron chi connectivity index (χ4n) is 4.77. The molecule has 160 valence electrons. The van der Waals surface area contributed by atoms with Gasteiger partial charge in [-0.05, 0) is 48.5 Å². The van der Waals surface area contributed by atoms with E-state index in [0.717, 1.165) is 22.5 Å². The average Bonchev–Trinajstić information content (AvgIpc) is 3.47. The van der Waals surface area contributed by atoms with Crippen LogP contribution in [0.15, 0.2) is 116 Å². The lowest BCUT2D eigenvalue weighted by Crippen LogP contribution is -1.97. The van der Waals surface area contributed by atoms with Crippen molar-refractivity contribution in [2.45, 2.75) is 0 Å². The topological polar surface area (TPSA) is 48.5 Å². The molecule has 4 heterocycles. The highest BCUT2D eigenvalue weighted by Crippen LogP contribution is 2.35. The molecular formula is C29H19N5. The number of nitrogens with zero attached hydrogens (tertiary/aromatic N) is 5. The Hall–Kier alpha value is -4.77. The van der Waals surface area contributed by atoms with Gasteiger partial charge in [0.1, 0.15) is 0 Å². The van der Waals surface area contributed by atoms with E-state index in [2.05, 4.69) is 103 Å². The van der Waals surface area contributed by atoms with E-state index in [4.69, 9.17) is 0 Å². The van der Waals surface area contributed by atoms with E-state index >= 15 is 0 Å². The van der Waals surface area contributed by atoms with Crippen LogP contribution in [0.2, 0.25) is 0 Å². The highest BCUT2D eigenvalue weighted by molar-refractivity contribution is 6.13. The molecule has 5 heteroatoms. The van der Waals surface area contributed by atoms with E-state index in [-0.39, 0.29) is 0 Å². The van der Waals surface area contributed by atoms with Gasteiger partial charge < -0.3 is 9.13 Å². The van der Waals surface area contributed by atoms with Crippen LogP contribution in [0.1, 0.15) is 0 Å². The highest BCUT2D eigenvalue weighted by atomic mass is 15.0. The van der Waals surface area contributed by atoms with Crippen molar-refractivity contribution in [2.75, 3.05) is 0 Å². The van der Waals surface area contributed by atoms with Crippen molar-refractivity contribution in [3.8, 4) is 22.8 Å². The van der Waals surface area contributed by atoms with Gasteiger partial charge in [0, 0.05) is 46.0 Å². The molecular weight excluding hydrogens is 418 g/mol. The lowest BCUT2D eigenvalue weighted by molar-refractivity contribution is 1.05. The molecule has 7 aromatic rings. The van der Waals surface area contributed by atoms with Crippen molar-refractivity contribution in [3.63, 3.8) is 0 Å². The monoisotopic (exact) mass is 437 g/mol. The first kappa shape index (κ1) is 18.8. The predicted octanol–water partition coefficient (Wildman–Crippen LogP) is 6.58. The molecule has 34 heavy (non-hydrogen) atoms. The van der Waals surface area contributed by atoms with Gasteiger partial charge in [0.25, 0.3) is 0 Å². The second-order valence-corrected chi connectivity index (χ2v) is 8.31. The largest absolute Gasteiger partial charge is 0.314 e. The van der Waals surface area contributed by atoms with Crippen LogP contribution in [0.25, 0.3) is 55.5 Å². The van der Waals surface area contributed by atoms with Crippen LogP contribution >= 0.6 is 0 Å². The summed E-state index contributed by atoms with van der Waals surface area (Å²) in [6.45, 7) is 0. The summed E-state index contributed by atoms with van der Waals surface area (Å²) in [6.07, 6.45) is 9.34. The molecule has 0 aliphatic rings. The van der Waals surface area contributed by atoms with Gasteiger partial charge >= 0.3 is 0 Å². The lowest BCUT2D eigenvalue weighted by Gasteiger charge is -2.09. The highest BCUT2D eigenvalue weighted by Gasteiger charge is 2.15. The summed E-state index contributed by atoms with van der Waals surface area (Å²) < 4.78 is 4.48. The normalized spacial score (nSPS) is 11.5. The van der Waals surface area contributed by atoms with E-state index in [0.29, 0.717) is 5.82 Å². The van der Waals surface area contributed by atoms with E-state index in [1.165, 1.54) is 27.2 Å². The summed E-state index contributed by atoms with van der Waals surface area (Å²) in [6, 6.07) is 29.7. The van der Waals surface area contributed by atoms with Gasteiger partial charge in [-0.2, -0.15) is 0 Å². The lowest BCUT2D eigenvalue weighted by atomic mass is 10.1. The van der Waals surface area contributed by atoms with Crippen molar-refractivity contribution >= 4 is 32.7 Å². The zero-order valence-electron chi connectivity index (χ0n) is 18.2. The quantitative estimate of drug-likeness (QED) is 0.314. The van der Waals surface area contributed by atoms with Crippen LogP contribution in [-0.4, -0.2) is 24.1 Å². The molecule has 0 unspecified atom stereocenters. The van der Waals surface area contributed by atoms with Crippen molar-refractivity contribution in [1.82, 2.24) is 24.1 Å². The van der Waals surface area contributed by atoms with E-state index in [1.54, 1.807) is 12.4 Å². The standard InChI is InChI=1S/C29H19N5/c1-2-8-22(9-3-1)34-26-11-5-4-10-24(26)25-15-20-12-14-33(27(20)16-28(25)34)23-18-31-29(32-19-23)21-7-6-13-30-17-21/h1-19H. The number of fused-ring (bicyclic) bond motifs is 4. The Morgan fingerprint density at radius 1 is 0.588 bits per heavy atom. The second-order valence-electron chi connectivity index (χ2n) is 8.31. The predicted molar refractivity (Wildman–Crippen MR) is 136 cm³/mol. The summed E-state index contributed by atoms with van der Waals surface area (Å²) in [7, 11) is 0. The van der Waals surface area contributed by atoms with E-state index in [9.17, 15) is 0 Å². The smallest absolute Gasteiger partial charge is 0.160 e. The first-order chi connectivity index (χ1) is 16.9. The summed E-state index contributed by atoms with van der Waals surface area (Å²) in [4.78, 5) is 13.4. The Balaban J connectivity index is 1.44. The molecule has 7 rings (SSSR count). The molecule has 0 bridgehead atoms. The van der Waals surface area contributed by atoms with Gasteiger partial charge in [0.05, 0.1) is 34.6 Å². The first-order valence-corrected chi connectivity index (χ1v) is 11.2. The average molecular weight is 438 g/mol. The summed E-state index contributed by atoms with van der Waals surface area (Å²) in [5.74, 6) is 0.667. The molecule has 0 saturated carbocycles. The minimum Gasteiger partial charge on any atom is -0.314 e. The number of para-hydroxylation sites is 2. The SMILES string of the molecule is c1ccc(-n2c3ccccc3c3cc4ccn(-c5cnc(-c6cccnc6)nc5)c4cc32)cc1. The number of benzene rings is 3. The van der Waals surface area contributed by atoms with Crippen LogP contribution in [0.5, 0.6) is 0 Å². The van der Waals surface area contributed by atoms with Gasteiger partial charge in [-0.15, -0.1) is 0 Å². The van der Waals surface area contributed by atoms with Crippen LogP contribution in [0.4, 0.5) is 0 Å². The fourth-order valence-corrected chi connectivity index (χ4v) is 4.77. The third-order valence-electron chi connectivity index (χ3n) is 6.33. The van der Waals surface area contributed by atoms with Gasteiger partial charge in [-0.25, -0.2) is 9.97 Å². The van der Waals surface area contributed by atoms with Crippen molar-refractivity contribution in [3.05, 3.63) is 116 Å². The molecule has 0 aliphatic carbocycles. The molecule has 0 fully saturated rings.